The van der Waals surface area contributed by atoms with Crippen molar-refractivity contribution in [2.75, 3.05) is 0 Å². The monoisotopic (exact) mass is 282 g/mol. The van der Waals surface area contributed by atoms with Crippen LogP contribution >= 0.6 is 0 Å². The van der Waals surface area contributed by atoms with Crippen molar-refractivity contribution in [3.8, 4) is 11.5 Å². The maximum absolute atomic E-state index is 12.2. The van der Waals surface area contributed by atoms with E-state index in [0.717, 1.165) is 0 Å². The van der Waals surface area contributed by atoms with Crippen LogP contribution in [-0.4, -0.2) is 21.9 Å². The number of hydrogen-bond acceptors (Lipinski definition) is 1. The molecule has 0 radical (unpaired) electrons. The van der Waals surface area contributed by atoms with Crippen LogP contribution in [0.3, 0.4) is 0 Å². The fourth-order valence-electron chi connectivity index (χ4n) is 1.37. The van der Waals surface area contributed by atoms with E-state index in [1.807, 2.05) is 20.8 Å². The first-order chi connectivity index (χ1) is 7.73. The summed E-state index contributed by atoms with van der Waals surface area (Å²) >= 11 is 0. The average Bonchev–Trinajstić information content (AvgIpc) is 2.06. The summed E-state index contributed by atoms with van der Waals surface area (Å²) in [5, 5.41) is 0. The number of ketones is 1. The maximum atomic E-state index is 12.2. The van der Waals surface area contributed by atoms with Crippen LogP contribution in [0.1, 0.15) is 27.2 Å². The van der Waals surface area contributed by atoms with Crippen LogP contribution in [0.2, 0.25) is 44.8 Å². The van der Waals surface area contributed by atoms with E-state index in [1.54, 1.807) is 0 Å². The van der Waals surface area contributed by atoms with E-state index in [9.17, 15) is 4.79 Å². The van der Waals surface area contributed by atoms with E-state index >= 15 is 0 Å². The molecule has 0 fully saturated rings. The smallest absolute Gasteiger partial charge is 0.139 e. The van der Waals surface area contributed by atoms with Crippen LogP contribution in [-0.2, 0) is 4.79 Å². The van der Waals surface area contributed by atoms with Crippen molar-refractivity contribution in [1.29, 1.82) is 0 Å². The molecular weight excluding hydrogens is 252 g/mol. The summed E-state index contributed by atoms with van der Waals surface area (Å²) in [4.78, 5) is 12.2. The van der Waals surface area contributed by atoms with Crippen molar-refractivity contribution in [1.82, 2.24) is 0 Å². The number of Topliss-reactive ketones (excluding diaryl/α,β-unsaturated/α-hetero) is 1. The van der Waals surface area contributed by atoms with Gasteiger partial charge in [-0.05, 0) is 0 Å². The molecule has 0 aromatic heterocycles. The van der Waals surface area contributed by atoms with Gasteiger partial charge < -0.3 is 0 Å². The molecule has 0 bridgehead atoms. The van der Waals surface area contributed by atoms with Crippen LogP contribution in [0, 0.1) is 16.9 Å². The molecule has 104 valence electrons. The Morgan fingerprint density at radius 3 is 1.78 bits per heavy atom. The Morgan fingerprint density at radius 1 is 1.06 bits per heavy atom. The third kappa shape index (κ3) is 7.18. The number of hydrogen-bond donors (Lipinski definition) is 0. The van der Waals surface area contributed by atoms with Gasteiger partial charge in [0.2, 0.25) is 0 Å². The second-order valence-corrected chi connectivity index (χ2v) is 18.5. The van der Waals surface area contributed by atoms with Crippen molar-refractivity contribution in [3.63, 3.8) is 0 Å². The topological polar surface area (TPSA) is 17.1 Å². The SMILES string of the molecule is CC(C)(C)C(=O)CC(C#C[Si](C)(C)C)[Si](C)(C)C. The molecule has 0 saturated heterocycles. The van der Waals surface area contributed by atoms with Gasteiger partial charge in [0.25, 0.3) is 0 Å². The molecule has 0 aromatic rings. The van der Waals surface area contributed by atoms with Gasteiger partial charge in [0.1, 0.15) is 13.9 Å². The highest BCUT2D eigenvalue weighted by molar-refractivity contribution is 6.84. The number of rotatable bonds is 3. The lowest BCUT2D eigenvalue weighted by molar-refractivity contribution is -0.126. The zero-order chi connectivity index (χ0) is 14.8. The Labute approximate surface area is 116 Å². The van der Waals surface area contributed by atoms with Gasteiger partial charge in [0, 0.05) is 17.4 Å². The third-order valence-electron chi connectivity index (χ3n) is 2.89. The molecule has 0 aliphatic carbocycles. The van der Waals surface area contributed by atoms with Crippen LogP contribution in [0.15, 0.2) is 0 Å². The Morgan fingerprint density at radius 2 is 1.50 bits per heavy atom. The lowest BCUT2D eigenvalue weighted by Crippen LogP contribution is -2.32. The van der Waals surface area contributed by atoms with E-state index in [4.69, 9.17) is 0 Å². The lowest BCUT2D eigenvalue weighted by Gasteiger charge is -2.27. The molecule has 3 heteroatoms. The van der Waals surface area contributed by atoms with Crippen LogP contribution in [0.5, 0.6) is 0 Å². The first kappa shape index (κ1) is 17.7. The highest BCUT2D eigenvalue weighted by atomic mass is 28.3. The number of carbonyl (C=O) groups is 1. The summed E-state index contributed by atoms with van der Waals surface area (Å²) in [6.07, 6.45) is 0.636. The molecule has 0 heterocycles. The van der Waals surface area contributed by atoms with Crippen LogP contribution in [0.25, 0.3) is 0 Å². The second kappa shape index (κ2) is 5.75. The Kier molecular flexibility index (Phi) is 5.64. The standard InChI is InChI=1S/C15H30OSi2/c1-15(2,3)14(16)12-13(18(7,8)9)10-11-17(4,5)6/h13H,12H2,1-9H3. The molecule has 0 aliphatic rings. The van der Waals surface area contributed by atoms with E-state index < -0.39 is 16.1 Å². The molecule has 0 saturated carbocycles. The fourth-order valence-corrected chi connectivity index (χ4v) is 3.42. The zero-order valence-electron chi connectivity index (χ0n) is 13.7. The summed E-state index contributed by atoms with van der Waals surface area (Å²) in [6.45, 7) is 19.7. The van der Waals surface area contributed by atoms with E-state index in [0.29, 0.717) is 17.7 Å². The predicted octanol–water partition coefficient (Wildman–Crippen LogP) is 4.58. The molecule has 0 amide bonds. The maximum Gasteiger partial charge on any atom is 0.139 e. The van der Waals surface area contributed by atoms with Gasteiger partial charge in [-0.3, -0.25) is 4.79 Å². The summed E-state index contributed by atoms with van der Waals surface area (Å²) in [7, 11) is -2.75. The summed E-state index contributed by atoms with van der Waals surface area (Å²) < 4.78 is 0. The molecule has 0 aliphatic heterocycles. The molecule has 1 atom stereocenters. The van der Waals surface area contributed by atoms with Crippen molar-refractivity contribution in [2.24, 2.45) is 5.41 Å². The zero-order valence-corrected chi connectivity index (χ0v) is 15.7. The van der Waals surface area contributed by atoms with Gasteiger partial charge in [0.15, 0.2) is 0 Å². The quantitative estimate of drug-likeness (QED) is 0.547. The summed E-state index contributed by atoms with van der Waals surface area (Å²) in [5.74, 6) is 3.80. The first-order valence-corrected chi connectivity index (χ1v) is 13.9. The van der Waals surface area contributed by atoms with Crippen LogP contribution in [0.4, 0.5) is 0 Å². The Bertz CT molecular complexity index is 353. The average molecular weight is 283 g/mol. The number of carbonyl (C=O) groups excluding carboxylic acids is 1. The Balaban J connectivity index is 5.06. The molecule has 1 unspecified atom stereocenters. The predicted molar refractivity (Wildman–Crippen MR) is 87.3 cm³/mol. The first-order valence-electron chi connectivity index (χ1n) is 6.79. The summed E-state index contributed by atoms with van der Waals surface area (Å²) in [5.41, 5.74) is 3.52. The van der Waals surface area contributed by atoms with Crippen molar-refractivity contribution in [3.05, 3.63) is 0 Å². The van der Waals surface area contributed by atoms with Gasteiger partial charge in [-0.2, -0.15) is 0 Å². The van der Waals surface area contributed by atoms with Gasteiger partial charge in [-0.25, -0.2) is 0 Å². The molecule has 0 spiro atoms. The molecular formula is C15H30OSi2. The van der Waals surface area contributed by atoms with E-state index in [-0.39, 0.29) is 5.41 Å². The van der Waals surface area contributed by atoms with Crippen molar-refractivity contribution < 1.29 is 4.79 Å². The highest BCUT2D eigenvalue weighted by Gasteiger charge is 2.31. The van der Waals surface area contributed by atoms with Crippen LogP contribution < -0.4 is 0 Å². The highest BCUT2D eigenvalue weighted by Crippen LogP contribution is 2.29. The van der Waals surface area contributed by atoms with Crippen molar-refractivity contribution in [2.45, 2.75) is 72.0 Å². The van der Waals surface area contributed by atoms with Crippen molar-refractivity contribution >= 4 is 21.9 Å². The van der Waals surface area contributed by atoms with Gasteiger partial charge in [0.05, 0.1) is 8.07 Å². The second-order valence-electron chi connectivity index (χ2n) is 8.32. The van der Waals surface area contributed by atoms with Gasteiger partial charge in [-0.1, -0.05) is 60.1 Å². The third-order valence-corrected chi connectivity index (χ3v) is 6.23. The minimum absolute atomic E-state index is 0.237. The Hall–Kier alpha value is -0.336. The molecule has 18 heavy (non-hydrogen) atoms. The minimum Gasteiger partial charge on any atom is -0.299 e. The molecule has 0 N–H and O–H groups in total. The largest absolute Gasteiger partial charge is 0.299 e. The fraction of sp³-hybridized carbons (Fsp3) is 0.800. The summed E-state index contributed by atoms with van der Waals surface area (Å²) in [6, 6.07) is 0. The normalized spacial score (nSPS) is 14.7. The van der Waals surface area contributed by atoms with Gasteiger partial charge in [-0.15, -0.1) is 11.5 Å². The van der Waals surface area contributed by atoms with Gasteiger partial charge >= 0.3 is 0 Å². The van der Waals surface area contributed by atoms with E-state index in [1.165, 1.54) is 0 Å². The molecule has 1 nitrogen and oxygen atoms in total. The molecule has 0 aromatic carbocycles. The van der Waals surface area contributed by atoms with E-state index in [2.05, 4.69) is 50.7 Å². The molecule has 0 rings (SSSR count). The lowest BCUT2D eigenvalue weighted by atomic mass is 9.88. The minimum atomic E-state index is -1.40.